The van der Waals surface area contributed by atoms with Crippen molar-refractivity contribution in [3.63, 3.8) is 0 Å². The fourth-order valence-corrected chi connectivity index (χ4v) is 3.75. The van der Waals surface area contributed by atoms with E-state index in [9.17, 15) is 4.79 Å². The summed E-state index contributed by atoms with van der Waals surface area (Å²) in [6.45, 7) is 7.19. The number of carbonyl (C=O) groups is 1. The largest absolute Gasteiger partial charge is 0.468 e. The van der Waals surface area contributed by atoms with Gasteiger partial charge >= 0.3 is 5.97 Å². The molecule has 1 aromatic heterocycles. The molecule has 0 spiro atoms. The molecule has 1 atom stereocenters. The highest BCUT2D eigenvalue weighted by atomic mass is 32.2. The van der Waals surface area contributed by atoms with Crippen LogP contribution in [0, 0.1) is 12.8 Å². The van der Waals surface area contributed by atoms with Gasteiger partial charge in [-0.05, 0) is 51.6 Å². The lowest BCUT2D eigenvalue weighted by molar-refractivity contribution is -0.151. The van der Waals surface area contributed by atoms with Crippen molar-refractivity contribution in [3.8, 4) is 0 Å². The van der Waals surface area contributed by atoms with E-state index in [1.807, 2.05) is 19.9 Å². The van der Waals surface area contributed by atoms with E-state index in [2.05, 4.69) is 12.2 Å². The molecule has 1 aliphatic rings. The van der Waals surface area contributed by atoms with Crippen LogP contribution in [0.2, 0.25) is 0 Å². The van der Waals surface area contributed by atoms with Gasteiger partial charge in [0.2, 0.25) is 0 Å². The number of carbonyl (C=O) groups excluding carboxylic acids is 1. The number of hydrogen-bond donors (Lipinski definition) is 1. The Balaban J connectivity index is 2.12. The summed E-state index contributed by atoms with van der Waals surface area (Å²) in [6.07, 6.45) is 4.89. The maximum Gasteiger partial charge on any atom is 0.327 e. The van der Waals surface area contributed by atoms with Gasteiger partial charge in [0, 0.05) is 10.6 Å². The Morgan fingerprint density at radius 1 is 1.52 bits per heavy atom. The van der Waals surface area contributed by atoms with Crippen LogP contribution in [-0.2, 0) is 9.53 Å². The first-order chi connectivity index (χ1) is 10.1. The molecule has 0 saturated heterocycles. The average molecular weight is 311 g/mol. The van der Waals surface area contributed by atoms with Crippen LogP contribution in [-0.4, -0.2) is 30.4 Å². The van der Waals surface area contributed by atoms with E-state index in [4.69, 9.17) is 9.15 Å². The Labute approximate surface area is 131 Å². The highest BCUT2D eigenvalue weighted by Gasteiger charge is 2.51. The fraction of sp³-hybridized carbons (Fsp3) is 0.688. The third-order valence-electron chi connectivity index (χ3n) is 3.87. The number of esters is 1. The molecule has 1 aromatic rings. The monoisotopic (exact) mass is 311 g/mol. The SMILES string of the molecule is CCCNC(CSc1ccoc1C)(C(=O)OCC)C1CC1. The minimum absolute atomic E-state index is 0.102. The Hall–Kier alpha value is -0.940. The van der Waals surface area contributed by atoms with Gasteiger partial charge < -0.3 is 14.5 Å². The minimum Gasteiger partial charge on any atom is -0.468 e. The average Bonchev–Trinajstić information content (AvgIpc) is 3.24. The highest BCUT2D eigenvalue weighted by Crippen LogP contribution is 2.43. The number of furan rings is 1. The Kier molecular flexibility index (Phi) is 5.76. The van der Waals surface area contributed by atoms with Gasteiger partial charge in [0.1, 0.15) is 11.3 Å². The van der Waals surface area contributed by atoms with E-state index >= 15 is 0 Å². The number of nitrogens with one attached hydrogen (secondary N) is 1. The van der Waals surface area contributed by atoms with Crippen molar-refractivity contribution < 1.29 is 13.9 Å². The molecule has 1 saturated carbocycles. The van der Waals surface area contributed by atoms with E-state index in [-0.39, 0.29) is 5.97 Å². The van der Waals surface area contributed by atoms with Gasteiger partial charge in [0.25, 0.3) is 0 Å². The number of hydrogen-bond acceptors (Lipinski definition) is 5. The van der Waals surface area contributed by atoms with E-state index in [1.165, 1.54) is 0 Å². The molecule has 2 rings (SSSR count). The first kappa shape index (κ1) is 16.4. The molecule has 1 fully saturated rings. The van der Waals surface area contributed by atoms with Gasteiger partial charge in [-0.25, -0.2) is 0 Å². The van der Waals surface area contributed by atoms with Crippen LogP contribution in [0.1, 0.15) is 38.9 Å². The lowest BCUT2D eigenvalue weighted by atomic mass is 9.95. The molecule has 4 nitrogen and oxygen atoms in total. The van der Waals surface area contributed by atoms with Crippen molar-refractivity contribution in [2.75, 3.05) is 18.9 Å². The van der Waals surface area contributed by atoms with Crippen LogP contribution >= 0.6 is 11.8 Å². The summed E-state index contributed by atoms with van der Waals surface area (Å²) in [4.78, 5) is 13.7. The van der Waals surface area contributed by atoms with Crippen molar-refractivity contribution in [2.24, 2.45) is 5.92 Å². The second-order valence-corrected chi connectivity index (χ2v) is 6.54. The van der Waals surface area contributed by atoms with Gasteiger partial charge in [-0.15, -0.1) is 11.8 Å². The second-order valence-electron chi connectivity index (χ2n) is 5.52. The number of rotatable bonds is 9. The van der Waals surface area contributed by atoms with Crippen LogP contribution in [0.5, 0.6) is 0 Å². The van der Waals surface area contributed by atoms with Crippen molar-refractivity contribution >= 4 is 17.7 Å². The van der Waals surface area contributed by atoms with Gasteiger partial charge in [0.15, 0.2) is 0 Å². The van der Waals surface area contributed by atoms with Gasteiger partial charge in [-0.1, -0.05) is 6.92 Å². The number of thioether (sulfide) groups is 1. The quantitative estimate of drug-likeness (QED) is 0.559. The smallest absolute Gasteiger partial charge is 0.327 e. The van der Waals surface area contributed by atoms with E-state index in [0.717, 1.165) is 36.5 Å². The van der Waals surface area contributed by atoms with Crippen molar-refractivity contribution in [2.45, 2.75) is 50.5 Å². The van der Waals surface area contributed by atoms with Gasteiger partial charge in [-0.2, -0.15) is 0 Å². The Morgan fingerprint density at radius 2 is 2.29 bits per heavy atom. The van der Waals surface area contributed by atoms with Crippen LogP contribution in [0.3, 0.4) is 0 Å². The summed E-state index contributed by atoms with van der Waals surface area (Å²) in [6, 6.07) is 1.96. The standard InChI is InChI=1S/C16H25NO3S/c1-4-9-17-16(13-6-7-13,15(18)19-5-2)11-21-14-8-10-20-12(14)3/h8,10,13,17H,4-7,9,11H2,1-3H3. The molecule has 118 valence electrons. The van der Waals surface area contributed by atoms with Gasteiger partial charge in [-0.3, -0.25) is 4.79 Å². The summed E-state index contributed by atoms with van der Waals surface area (Å²) in [5.41, 5.74) is -0.555. The van der Waals surface area contributed by atoms with E-state index < -0.39 is 5.54 Å². The van der Waals surface area contributed by atoms with E-state index in [0.29, 0.717) is 18.3 Å². The molecule has 5 heteroatoms. The van der Waals surface area contributed by atoms with Crippen molar-refractivity contribution in [1.29, 1.82) is 0 Å². The summed E-state index contributed by atoms with van der Waals surface area (Å²) in [5, 5.41) is 3.49. The Bertz CT molecular complexity index is 470. The Morgan fingerprint density at radius 3 is 2.81 bits per heavy atom. The summed E-state index contributed by atoms with van der Waals surface area (Å²) in [5.74, 6) is 1.89. The normalized spacial score (nSPS) is 17.5. The highest BCUT2D eigenvalue weighted by molar-refractivity contribution is 7.99. The van der Waals surface area contributed by atoms with Crippen LogP contribution in [0.15, 0.2) is 21.6 Å². The van der Waals surface area contributed by atoms with Crippen LogP contribution in [0.25, 0.3) is 0 Å². The zero-order chi connectivity index (χ0) is 15.3. The third-order valence-corrected chi connectivity index (χ3v) is 5.21. The summed E-state index contributed by atoms with van der Waals surface area (Å²) in [7, 11) is 0. The molecule has 0 amide bonds. The molecule has 1 heterocycles. The van der Waals surface area contributed by atoms with Crippen LogP contribution in [0.4, 0.5) is 0 Å². The molecule has 21 heavy (non-hydrogen) atoms. The second kappa shape index (κ2) is 7.36. The summed E-state index contributed by atoms with van der Waals surface area (Å²) < 4.78 is 10.7. The zero-order valence-corrected chi connectivity index (χ0v) is 13.9. The first-order valence-corrected chi connectivity index (χ1v) is 8.71. The van der Waals surface area contributed by atoms with Crippen LogP contribution < -0.4 is 5.32 Å². The van der Waals surface area contributed by atoms with Crippen molar-refractivity contribution in [3.05, 3.63) is 18.1 Å². The molecular weight excluding hydrogens is 286 g/mol. The minimum atomic E-state index is -0.555. The maximum absolute atomic E-state index is 12.6. The molecule has 0 aliphatic heterocycles. The molecular formula is C16H25NO3S. The lowest BCUT2D eigenvalue weighted by Gasteiger charge is -2.32. The predicted molar refractivity (Wildman–Crippen MR) is 84.6 cm³/mol. The third kappa shape index (κ3) is 3.83. The molecule has 0 aromatic carbocycles. The summed E-state index contributed by atoms with van der Waals surface area (Å²) >= 11 is 1.68. The molecule has 1 aliphatic carbocycles. The number of ether oxygens (including phenoxy) is 1. The van der Waals surface area contributed by atoms with Gasteiger partial charge in [0.05, 0.1) is 12.9 Å². The topological polar surface area (TPSA) is 51.5 Å². The maximum atomic E-state index is 12.6. The molecule has 0 radical (unpaired) electrons. The molecule has 0 bridgehead atoms. The zero-order valence-electron chi connectivity index (χ0n) is 13.1. The number of aryl methyl sites for hydroxylation is 1. The predicted octanol–water partition coefficient (Wildman–Crippen LogP) is 3.39. The molecule has 1 N–H and O–H groups in total. The van der Waals surface area contributed by atoms with E-state index in [1.54, 1.807) is 18.0 Å². The first-order valence-electron chi connectivity index (χ1n) is 7.73. The fourth-order valence-electron chi connectivity index (χ4n) is 2.51. The van der Waals surface area contributed by atoms with Crippen molar-refractivity contribution in [1.82, 2.24) is 5.32 Å². The molecule has 1 unspecified atom stereocenters. The lowest BCUT2D eigenvalue weighted by Crippen LogP contribution is -2.57.